The number of hydrogen-bond donors (Lipinski definition) is 1. The van der Waals surface area contributed by atoms with Crippen LogP contribution in [0, 0.1) is 6.92 Å². The second kappa shape index (κ2) is 5.99. The van der Waals surface area contributed by atoms with Crippen molar-refractivity contribution in [2.24, 2.45) is 0 Å². The number of benzene rings is 1. The molecule has 0 saturated heterocycles. The van der Waals surface area contributed by atoms with E-state index in [4.69, 9.17) is 0 Å². The van der Waals surface area contributed by atoms with Crippen LogP contribution in [0.5, 0.6) is 0 Å². The van der Waals surface area contributed by atoms with Crippen LogP contribution in [-0.4, -0.2) is 21.6 Å². The van der Waals surface area contributed by atoms with Gasteiger partial charge in [0, 0.05) is 36.8 Å². The molecule has 0 unspecified atom stereocenters. The second-order valence-corrected chi connectivity index (χ2v) is 5.34. The van der Waals surface area contributed by atoms with Crippen LogP contribution in [0.1, 0.15) is 11.1 Å². The fourth-order valence-electron chi connectivity index (χ4n) is 2.41. The average Bonchev–Trinajstić information content (AvgIpc) is 3.04. The van der Waals surface area contributed by atoms with Gasteiger partial charge in [-0.05, 0) is 30.7 Å². The zero-order valence-corrected chi connectivity index (χ0v) is 13.1. The highest BCUT2D eigenvalue weighted by Crippen LogP contribution is 2.32. The van der Waals surface area contributed by atoms with Gasteiger partial charge in [-0.2, -0.15) is 13.2 Å². The predicted octanol–water partition coefficient (Wildman–Crippen LogP) is 4.30. The molecule has 2 aromatic heterocycles. The third-order valence-corrected chi connectivity index (χ3v) is 3.73. The van der Waals surface area contributed by atoms with Crippen molar-refractivity contribution in [3.05, 3.63) is 60.2 Å². The topological polar surface area (TPSA) is 42.7 Å². The number of aromatic nitrogens is 3. The molecule has 4 nitrogen and oxygen atoms in total. The second-order valence-electron chi connectivity index (χ2n) is 5.34. The molecular formula is C17H15F3N4. The van der Waals surface area contributed by atoms with Gasteiger partial charge in [0.15, 0.2) is 0 Å². The molecular weight excluding hydrogens is 317 g/mol. The van der Waals surface area contributed by atoms with Gasteiger partial charge < -0.3 is 9.88 Å². The van der Waals surface area contributed by atoms with Gasteiger partial charge in [-0.3, -0.25) is 0 Å². The molecule has 3 rings (SSSR count). The summed E-state index contributed by atoms with van der Waals surface area (Å²) < 4.78 is 40.5. The summed E-state index contributed by atoms with van der Waals surface area (Å²) in [4.78, 5) is 8.25. The number of alkyl halides is 3. The molecule has 0 saturated carbocycles. The Labute approximate surface area is 137 Å². The van der Waals surface area contributed by atoms with Crippen LogP contribution >= 0.6 is 0 Å². The van der Waals surface area contributed by atoms with Gasteiger partial charge in [0.25, 0.3) is 0 Å². The average molecular weight is 332 g/mol. The first-order chi connectivity index (χ1) is 11.4. The summed E-state index contributed by atoms with van der Waals surface area (Å²) in [5.41, 5.74) is 2.06. The maximum atomic E-state index is 12.9. The molecule has 7 heteroatoms. The smallest absolute Gasteiger partial charge is 0.373 e. The maximum Gasteiger partial charge on any atom is 0.416 e. The molecule has 0 atom stereocenters. The zero-order chi connectivity index (χ0) is 17.3. The summed E-state index contributed by atoms with van der Waals surface area (Å²) >= 11 is 0. The van der Waals surface area contributed by atoms with Crippen LogP contribution in [-0.2, 0) is 6.18 Å². The quantitative estimate of drug-likeness (QED) is 0.777. The Balaban J connectivity index is 2.02. The predicted molar refractivity (Wildman–Crippen MR) is 86.1 cm³/mol. The number of anilines is 1. The molecule has 0 fully saturated rings. The minimum absolute atomic E-state index is 0.485. The van der Waals surface area contributed by atoms with Crippen LogP contribution in [0.4, 0.5) is 19.0 Å². The van der Waals surface area contributed by atoms with Crippen molar-refractivity contribution < 1.29 is 13.2 Å². The van der Waals surface area contributed by atoms with Crippen LogP contribution in [0.25, 0.3) is 16.9 Å². The Hall–Kier alpha value is -2.83. The Morgan fingerprint density at radius 3 is 2.58 bits per heavy atom. The lowest BCUT2D eigenvalue weighted by Gasteiger charge is -2.12. The third-order valence-electron chi connectivity index (χ3n) is 3.73. The summed E-state index contributed by atoms with van der Waals surface area (Å²) in [6, 6.07) is 7.30. The lowest BCUT2D eigenvalue weighted by molar-refractivity contribution is -0.137. The van der Waals surface area contributed by atoms with Crippen LogP contribution in [0.2, 0.25) is 0 Å². The van der Waals surface area contributed by atoms with Gasteiger partial charge in [-0.25, -0.2) is 9.97 Å². The van der Waals surface area contributed by atoms with E-state index in [1.54, 1.807) is 37.0 Å². The lowest BCUT2D eigenvalue weighted by Crippen LogP contribution is -2.06. The minimum Gasteiger partial charge on any atom is -0.373 e. The molecule has 0 aliphatic carbocycles. The van der Waals surface area contributed by atoms with Crippen molar-refractivity contribution in [1.29, 1.82) is 0 Å². The Kier molecular flexibility index (Phi) is 4.01. The Morgan fingerprint density at radius 2 is 1.88 bits per heavy atom. The molecule has 0 radical (unpaired) electrons. The van der Waals surface area contributed by atoms with Crippen LogP contribution in [0.15, 0.2) is 49.1 Å². The number of aryl methyl sites for hydroxylation is 1. The molecule has 0 aliphatic heterocycles. The van der Waals surface area contributed by atoms with Crippen molar-refractivity contribution in [2.45, 2.75) is 13.1 Å². The third kappa shape index (κ3) is 3.10. The number of hydrogen-bond acceptors (Lipinski definition) is 3. The molecule has 0 bridgehead atoms. The van der Waals surface area contributed by atoms with Crippen molar-refractivity contribution in [3.63, 3.8) is 0 Å². The van der Waals surface area contributed by atoms with Crippen molar-refractivity contribution in [3.8, 4) is 16.9 Å². The monoisotopic (exact) mass is 332 g/mol. The highest BCUT2D eigenvalue weighted by atomic mass is 19.4. The normalized spacial score (nSPS) is 11.5. The van der Waals surface area contributed by atoms with E-state index in [1.807, 2.05) is 6.07 Å². The van der Waals surface area contributed by atoms with Crippen molar-refractivity contribution in [1.82, 2.24) is 14.5 Å². The molecule has 1 aromatic carbocycles. The molecule has 0 spiro atoms. The first kappa shape index (κ1) is 16.0. The molecule has 24 heavy (non-hydrogen) atoms. The van der Waals surface area contributed by atoms with E-state index in [-0.39, 0.29) is 0 Å². The number of nitrogens with zero attached hydrogens (tertiary/aromatic N) is 3. The molecule has 0 amide bonds. The summed E-state index contributed by atoms with van der Waals surface area (Å²) in [5, 5.41) is 2.93. The zero-order valence-electron chi connectivity index (χ0n) is 13.1. The highest BCUT2D eigenvalue weighted by Gasteiger charge is 2.30. The van der Waals surface area contributed by atoms with Gasteiger partial charge in [0.2, 0.25) is 0 Å². The van der Waals surface area contributed by atoms with Crippen molar-refractivity contribution >= 4 is 5.82 Å². The standard InChI is InChI=1S/C17H15F3N4/c1-11-3-4-13(17(18,19)20)7-15(11)24-6-5-12(9-24)14-8-16(21-2)23-10-22-14/h3-10H,1-2H3,(H,21,22,23). The molecule has 124 valence electrons. The molecule has 1 N–H and O–H groups in total. The van der Waals surface area contributed by atoms with E-state index in [1.165, 1.54) is 12.4 Å². The fourth-order valence-corrected chi connectivity index (χ4v) is 2.41. The van der Waals surface area contributed by atoms with E-state index in [0.717, 1.165) is 23.3 Å². The van der Waals surface area contributed by atoms with E-state index in [2.05, 4.69) is 15.3 Å². The molecule has 3 aromatic rings. The maximum absolute atomic E-state index is 12.9. The Bertz CT molecular complexity index is 868. The molecule has 0 aliphatic rings. The SMILES string of the molecule is CNc1cc(-c2ccn(-c3cc(C(F)(F)F)ccc3C)c2)ncn1. The van der Waals surface area contributed by atoms with Gasteiger partial charge in [0.1, 0.15) is 12.1 Å². The fraction of sp³-hybridized carbons (Fsp3) is 0.176. The van der Waals surface area contributed by atoms with Crippen molar-refractivity contribution in [2.75, 3.05) is 12.4 Å². The highest BCUT2D eigenvalue weighted by molar-refractivity contribution is 5.62. The van der Waals surface area contributed by atoms with Crippen LogP contribution in [0.3, 0.4) is 0 Å². The first-order valence-corrected chi connectivity index (χ1v) is 7.25. The summed E-state index contributed by atoms with van der Waals surface area (Å²) in [7, 11) is 1.75. The lowest BCUT2D eigenvalue weighted by atomic mass is 10.1. The van der Waals surface area contributed by atoms with E-state index >= 15 is 0 Å². The van der Waals surface area contributed by atoms with E-state index in [9.17, 15) is 13.2 Å². The minimum atomic E-state index is -4.37. The first-order valence-electron chi connectivity index (χ1n) is 7.25. The van der Waals surface area contributed by atoms with Gasteiger partial charge in [-0.1, -0.05) is 6.07 Å². The Morgan fingerprint density at radius 1 is 1.08 bits per heavy atom. The number of halogens is 3. The summed E-state index contributed by atoms with van der Waals surface area (Å²) in [6.07, 6.45) is 0.546. The number of nitrogens with one attached hydrogen (secondary N) is 1. The number of rotatable bonds is 3. The van der Waals surface area contributed by atoms with E-state index in [0.29, 0.717) is 17.2 Å². The largest absolute Gasteiger partial charge is 0.416 e. The van der Waals surface area contributed by atoms with E-state index < -0.39 is 11.7 Å². The van der Waals surface area contributed by atoms with Gasteiger partial charge in [0.05, 0.1) is 11.3 Å². The summed E-state index contributed by atoms with van der Waals surface area (Å²) in [6.45, 7) is 1.78. The summed E-state index contributed by atoms with van der Waals surface area (Å²) in [5.74, 6) is 0.669. The van der Waals surface area contributed by atoms with Gasteiger partial charge >= 0.3 is 6.18 Å². The van der Waals surface area contributed by atoms with Gasteiger partial charge in [-0.15, -0.1) is 0 Å². The van der Waals surface area contributed by atoms with Crippen LogP contribution < -0.4 is 5.32 Å². The molecule has 2 heterocycles.